The van der Waals surface area contributed by atoms with Crippen molar-refractivity contribution in [3.8, 4) is 0 Å². The number of benzene rings is 1. The van der Waals surface area contributed by atoms with Crippen LogP contribution in [0.5, 0.6) is 0 Å². The summed E-state index contributed by atoms with van der Waals surface area (Å²) in [5, 5.41) is 9.10. The zero-order valence-electron chi connectivity index (χ0n) is 10.6. The lowest BCUT2D eigenvalue weighted by Gasteiger charge is -2.17. The van der Waals surface area contributed by atoms with Gasteiger partial charge in [-0.2, -0.15) is 4.31 Å². The molecule has 0 spiro atoms. The lowest BCUT2D eigenvalue weighted by atomic mass is 9.99. The Morgan fingerprint density at radius 2 is 2.00 bits per heavy atom. The number of aliphatic carboxylic acids is 1. The Labute approximate surface area is 134 Å². The number of hydrogen-bond donors (Lipinski definition) is 1. The fourth-order valence-corrected chi connectivity index (χ4v) is 5.28. The van der Waals surface area contributed by atoms with Crippen LogP contribution in [0.25, 0.3) is 0 Å². The van der Waals surface area contributed by atoms with E-state index in [-0.39, 0.29) is 23.9 Å². The number of hydrogen-bond acceptors (Lipinski definition) is 3. The second-order valence-corrected chi connectivity index (χ2v) is 8.50. The highest BCUT2D eigenvalue weighted by atomic mass is 79.9. The molecule has 0 radical (unpaired) electrons. The van der Waals surface area contributed by atoms with Gasteiger partial charge in [0.1, 0.15) is 0 Å². The third-order valence-electron chi connectivity index (χ3n) is 3.41. The maximum Gasteiger partial charge on any atom is 0.308 e. The zero-order chi connectivity index (χ0) is 15.1. The maximum atomic E-state index is 12.6. The summed E-state index contributed by atoms with van der Waals surface area (Å²) in [4.78, 5) is 11.2. The Hall–Kier alpha value is -0.440. The van der Waals surface area contributed by atoms with E-state index in [0.29, 0.717) is 8.95 Å². The normalized spacial score (nSPS) is 23.9. The average molecular weight is 427 g/mol. The highest BCUT2D eigenvalue weighted by Gasteiger charge is 2.41. The number of rotatable bonds is 3. The first-order chi connectivity index (χ1) is 9.23. The van der Waals surface area contributed by atoms with Crippen molar-refractivity contribution in [3.05, 3.63) is 27.1 Å². The summed E-state index contributed by atoms with van der Waals surface area (Å²) < 4.78 is 27.6. The minimum Gasteiger partial charge on any atom is -0.481 e. The molecule has 1 aromatic carbocycles. The van der Waals surface area contributed by atoms with Crippen molar-refractivity contribution in [1.82, 2.24) is 4.31 Å². The quantitative estimate of drug-likeness (QED) is 0.805. The van der Waals surface area contributed by atoms with Crippen LogP contribution in [0.3, 0.4) is 0 Å². The molecule has 1 aliphatic rings. The van der Waals surface area contributed by atoms with E-state index in [9.17, 15) is 13.2 Å². The number of sulfonamides is 1. The lowest BCUT2D eigenvalue weighted by Crippen LogP contribution is -2.30. The molecule has 5 nitrogen and oxygen atoms in total. The Balaban J connectivity index is 2.37. The predicted molar refractivity (Wildman–Crippen MR) is 80.9 cm³/mol. The van der Waals surface area contributed by atoms with Crippen LogP contribution in [0.15, 0.2) is 32.0 Å². The largest absolute Gasteiger partial charge is 0.481 e. The Bertz CT molecular complexity index is 647. The van der Waals surface area contributed by atoms with Gasteiger partial charge in [0.15, 0.2) is 0 Å². The summed E-state index contributed by atoms with van der Waals surface area (Å²) in [7, 11) is -3.70. The van der Waals surface area contributed by atoms with Crippen molar-refractivity contribution in [3.63, 3.8) is 0 Å². The topological polar surface area (TPSA) is 74.7 Å². The molecule has 0 aromatic heterocycles. The van der Waals surface area contributed by atoms with Gasteiger partial charge in [-0.1, -0.05) is 22.9 Å². The first-order valence-corrected chi connectivity index (χ1v) is 8.94. The van der Waals surface area contributed by atoms with Gasteiger partial charge in [0.05, 0.1) is 10.8 Å². The van der Waals surface area contributed by atoms with E-state index in [2.05, 4.69) is 31.9 Å². The van der Waals surface area contributed by atoms with Crippen LogP contribution in [-0.2, 0) is 14.8 Å². The maximum absolute atomic E-state index is 12.6. The fraction of sp³-hybridized carbons (Fsp3) is 0.417. The standard InChI is InChI=1S/C12H13Br2NO4S/c1-7-5-15(6-9(7)12(16)17)20(18,19)11-4-8(13)2-3-10(11)14/h2-4,7,9H,5-6H2,1H3,(H,16,17). The van der Waals surface area contributed by atoms with Crippen LogP contribution < -0.4 is 0 Å². The molecule has 0 bridgehead atoms. The monoisotopic (exact) mass is 425 g/mol. The summed E-state index contributed by atoms with van der Waals surface area (Å²) in [6, 6.07) is 4.89. The van der Waals surface area contributed by atoms with E-state index in [0.717, 1.165) is 0 Å². The van der Waals surface area contributed by atoms with E-state index in [1.807, 2.05) is 0 Å². The van der Waals surface area contributed by atoms with Crippen LogP contribution in [-0.4, -0.2) is 36.9 Å². The molecule has 2 rings (SSSR count). The molecule has 1 saturated heterocycles. The molecule has 1 fully saturated rings. The van der Waals surface area contributed by atoms with Crippen molar-refractivity contribution in [1.29, 1.82) is 0 Å². The molecule has 0 saturated carbocycles. The van der Waals surface area contributed by atoms with Gasteiger partial charge in [-0.25, -0.2) is 8.42 Å². The van der Waals surface area contributed by atoms with E-state index in [1.54, 1.807) is 19.1 Å². The van der Waals surface area contributed by atoms with Gasteiger partial charge >= 0.3 is 5.97 Å². The first-order valence-electron chi connectivity index (χ1n) is 5.91. The van der Waals surface area contributed by atoms with Gasteiger partial charge in [0, 0.05) is 22.0 Å². The molecule has 1 aliphatic heterocycles. The number of nitrogens with zero attached hydrogens (tertiary/aromatic N) is 1. The second kappa shape index (κ2) is 5.75. The van der Waals surface area contributed by atoms with Gasteiger partial charge in [-0.05, 0) is 40.0 Å². The SMILES string of the molecule is CC1CN(S(=O)(=O)c2cc(Br)ccc2Br)CC1C(=O)O. The van der Waals surface area contributed by atoms with Crippen LogP contribution in [0.4, 0.5) is 0 Å². The molecular weight excluding hydrogens is 414 g/mol. The summed E-state index contributed by atoms with van der Waals surface area (Å²) >= 11 is 6.48. The highest BCUT2D eigenvalue weighted by Crippen LogP contribution is 2.33. The Morgan fingerprint density at radius 3 is 2.55 bits per heavy atom. The third-order valence-corrected chi connectivity index (χ3v) is 6.73. The lowest BCUT2D eigenvalue weighted by molar-refractivity contribution is -0.142. The molecule has 2 atom stereocenters. The molecule has 8 heteroatoms. The van der Waals surface area contributed by atoms with Crippen LogP contribution in [0.2, 0.25) is 0 Å². The summed E-state index contributed by atoms with van der Waals surface area (Å²) in [5.74, 6) is -1.81. The molecule has 2 unspecified atom stereocenters. The molecular formula is C12H13Br2NO4S. The van der Waals surface area contributed by atoms with Crippen LogP contribution in [0, 0.1) is 11.8 Å². The molecule has 1 aromatic rings. The van der Waals surface area contributed by atoms with Crippen LogP contribution in [0.1, 0.15) is 6.92 Å². The highest BCUT2D eigenvalue weighted by molar-refractivity contribution is 9.11. The summed E-state index contributed by atoms with van der Waals surface area (Å²) in [6.07, 6.45) is 0. The Morgan fingerprint density at radius 1 is 1.35 bits per heavy atom. The Kier molecular flexibility index (Phi) is 4.58. The van der Waals surface area contributed by atoms with Gasteiger partial charge in [0.25, 0.3) is 0 Å². The van der Waals surface area contributed by atoms with Crippen molar-refractivity contribution in [2.45, 2.75) is 11.8 Å². The smallest absolute Gasteiger partial charge is 0.308 e. The predicted octanol–water partition coefficient (Wildman–Crippen LogP) is 2.55. The van der Waals surface area contributed by atoms with E-state index in [1.165, 1.54) is 10.4 Å². The number of carboxylic acids is 1. The summed E-state index contributed by atoms with van der Waals surface area (Å²) in [6.45, 7) is 1.99. The van der Waals surface area contributed by atoms with Crippen LogP contribution >= 0.6 is 31.9 Å². The van der Waals surface area contributed by atoms with E-state index in [4.69, 9.17) is 5.11 Å². The molecule has 20 heavy (non-hydrogen) atoms. The number of carbonyl (C=O) groups is 1. The first kappa shape index (κ1) is 15.9. The summed E-state index contributed by atoms with van der Waals surface area (Å²) in [5.41, 5.74) is 0. The third kappa shape index (κ3) is 2.93. The van der Waals surface area contributed by atoms with Gasteiger partial charge in [-0.3, -0.25) is 4.79 Å². The van der Waals surface area contributed by atoms with Gasteiger partial charge in [-0.15, -0.1) is 0 Å². The molecule has 110 valence electrons. The average Bonchev–Trinajstić information content (AvgIpc) is 2.75. The number of carboxylic acid groups (broad SMARTS) is 1. The zero-order valence-corrected chi connectivity index (χ0v) is 14.6. The van der Waals surface area contributed by atoms with Crippen molar-refractivity contribution < 1.29 is 18.3 Å². The van der Waals surface area contributed by atoms with Gasteiger partial charge in [0.2, 0.25) is 10.0 Å². The minimum atomic E-state index is -3.70. The molecule has 1 N–H and O–H groups in total. The van der Waals surface area contributed by atoms with Crippen molar-refractivity contribution in [2.24, 2.45) is 11.8 Å². The van der Waals surface area contributed by atoms with E-state index >= 15 is 0 Å². The minimum absolute atomic E-state index is 0.0117. The molecule has 0 amide bonds. The molecule has 0 aliphatic carbocycles. The van der Waals surface area contributed by atoms with E-state index < -0.39 is 21.9 Å². The van der Waals surface area contributed by atoms with Gasteiger partial charge < -0.3 is 5.11 Å². The number of halogens is 2. The second-order valence-electron chi connectivity index (χ2n) is 4.82. The van der Waals surface area contributed by atoms with Crippen molar-refractivity contribution >= 4 is 47.9 Å². The van der Waals surface area contributed by atoms with Crippen molar-refractivity contribution in [2.75, 3.05) is 13.1 Å². The molecule has 1 heterocycles. The fourth-order valence-electron chi connectivity index (χ4n) is 2.25.